The van der Waals surface area contributed by atoms with Crippen LogP contribution in [0.5, 0.6) is 11.5 Å². The summed E-state index contributed by atoms with van der Waals surface area (Å²) < 4.78 is 19.4. The van der Waals surface area contributed by atoms with E-state index in [1.165, 1.54) is 6.07 Å². The van der Waals surface area contributed by atoms with Crippen LogP contribution in [0.3, 0.4) is 0 Å². The number of ether oxygens (including phenoxy) is 1. The van der Waals surface area contributed by atoms with Gasteiger partial charge in [-0.25, -0.2) is 4.39 Å². The molecule has 0 heterocycles. The summed E-state index contributed by atoms with van der Waals surface area (Å²) in [5.74, 6) is 0.475. The van der Waals surface area contributed by atoms with Crippen LogP contribution < -0.4 is 10.5 Å². The average Bonchev–Trinajstić information content (AvgIpc) is 2.42. The van der Waals surface area contributed by atoms with Crippen LogP contribution in [-0.2, 0) is 0 Å². The fraction of sp³-hybridized carbons (Fsp3) is 0.250. The maximum absolute atomic E-state index is 13.7. The molecule has 19 heavy (non-hydrogen) atoms. The molecule has 0 aliphatic rings. The number of hydrogen-bond acceptors (Lipinski definition) is 2. The van der Waals surface area contributed by atoms with Gasteiger partial charge >= 0.3 is 0 Å². The molecular formula is C16H18FNO. The van der Waals surface area contributed by atoms with Crippen molar-refractivity contribution in [2.45, 2.75) is 26.3 Å². The van der Waals surface area contributed by atoms with E-state index in [-0.39, 0.29) is 17.6 Å². The summed E-state index contributed by atoms with van der Waals surface area (Å²) in [5.41, 5.74) is 7.89. The molecule has 2 nitrogen and oxygen atoms in total. The molecule has 0 unspecified atom stereocenters. The van der Waals surface area contributed by atoms with Crippen molar-refractivity contribution in [1.29, 1.82) is 0 Å². The maximum atomic E-state index is 13.7. The molecule has 1 atom stereocenters. The Kier molecular flexibility index (Phi) is 4.17. The molecule has 0 aliphatic carbocycles. The van der Waals surface area contributed by atoms with E-state index in [0.29, 0.717) is 5.75 Å². The van der Waals surface area contributed by atoms with Crippen LogP contribution in [0, 0.1) is 12.7 Å². The van der Waals surface area contributed by atoms with E-state index in [2.05, 4.69) is 0 Å². The SMILES string of the molecule is CC[C@@H](N)c1ccccc1Oc1cc(C)ccc1F. The molecule has 0 fully saturated rings. The molecule has 2 N–H and O–H groups in total. The largest absolute Gasteiger partial charge is 0.454 e. The third-order valence-corrected chi connectivity index (χ3v) is 3.06. The van der Waals surface area contributed by atoms with Gasteiger partial charge in [-0.2, -0.15) is 0 Å². The number of para-hydroxylation sites is 1. The minimum atomic E-state index is -0.370. The van der Waals surface area contributed by atoms with Crippen LogP contribution in [0.15, 0.2) is 42.5 Å². The van der Waals surface area contributed by atoms with Crippen molar-refractivity contribution in [2.24, 2.45) is 5.73 Å². The average molecular weight is 259 g/mol. The molecule has 0 bridgehead atoms. The van der Waals surface area contributed by atoms with Gasteiger partial charge in [-0.3, -0.25) is 0 Å². The highest BCUT2D eigenvalue weighted by Gasteiger charge is 2.12. The Labute approximate surface area is 113 Å². The Hall–Kier alpha value is -1.87. The molecule has 0 spiro atoms. The predicted octanol–water partition coefficient (Wildman–Crippen LogP) is 4.34. The van der Waals surface area contributed by atoms with Crippen molar-refractivity contribution in [2.75, 3.05) is 0 Å². The second kappa shape index (κ2) is 5.85. The fourth-order valence-electron chi connectivity index (χ4n) is 1.91. The summed E-state index contributed by atoms with van der Waals surface area (Å²) in [7, 11) is 0. The van der Waals surface area contributed by atoms with Gasteiger partial charge in [0, 0.05) is 11.6 Å². The molecule has 2 rings (SSSR count). The maximum Gasteiger partial charge on any atom is 0.165 e. The first-order valence-electron chi connectivity index (χ1n) is 6.40. The summed E-state index contributed by atoms with van der Waals surface area (Å²) in [6.07, 6.45) is 0.802. The molecule has 2 aromatic carbocycles. The minimum absolute atomic E-state index is 0.107. The lowest BCUT2D eigenvalue weighted by Crippen LogP contribution is -2.09. The summed E-state index contributed by atoms with van der Waals surface area (Å²) in [6, 6.07) is 12.2. The molecule has 0 aromatic heterocycles. The van der Waals surface area contributed by atoms with Crippen molar-refractivity contribution in [3.8, 4) is 11.5 Å². The number of nitrogens with two attached hydrogens (primary N) is 1. The van der Waals surface area contributed by atoms with Gasteiger partial charge in [0.2, 0.25) is 0 Å². The van der Waals surface area contributed by atoms with E-state index in [4.69, 9.17) is 10.5 Å². The Bertz CT molecular complexity index is 568. The fourth-order valence-corrected chi connectivity index (χ4v) is 1.91. The Morgan fingerprint density at radius 3 is 2.63 bits per heavy atom. The molecule has 0 radical (unpaired) electrons. The molecular weight excluding hydrogens is 241 g/mol. The molecule has 0 amide bonds. The van der Waals surface area contributed by atoms with Gasteiger partial charge in [0.15, 0.2) is 11.6 Å². The Morgan fingerprint density at radius 1 is 1.16 bits per heavy atom. The molecule has 100 valence electrons. The minimum Gasteiger partial charge on any atom is -0.454 e. The third-order valence-electron chi connectivity index (χ3n) is 3.06. The van der Waals surface area contributed by atoms with Gasteiger partial charge in [-0.05, 0) is 37.1 Å². The predicted molar refractivity (Wildman–Crippen MR) is 74.9 cm³/mol. The van der Waals surface area contributed by atoms with E-state index in [9.17, 15) is 4.39 Å². The summed E-state index contributed by atoms with van der Waals surface area (Å²) in [4.78, 5) is 0. The van der Waals surface area contributed by atoms with Gasteiger partial charge in [-0.15, -0.1) is 0 Å². The van der Waals surface area contributed by atoms with Crippen molar-refractivity contribution >= 4 is 0 Å². The van der Waals surface area contributed by atoms with E-state index in [1.807, 2.05) is 38.1 Å². The lowest BCUT2D eigenvalue weighted by molar-refractivity contribution is 0.432. The topological polar surface area (TPSA) is 35.2 Å². The van der Waals surface area contributed by atoms with Crippen LogP contribution in [0.2, 0.25) is 0 Å². The van der Waals surface area contributed by atoms with Crippen LogP contribution in [0.4, 0.5) is 4.39 Å². The van der Waals surface area contributed by atoms with Gasteiger partial charge < -0.3 is 10.5 Å². The normalized spacial score (nSPS) is 12.2. The monoisotopic (exact) mass is 259 g/mol. The second-order valence-corrected chi connectivity index (χ2v) is 4.59. The smallest absolute Gasteiger partial charge is 0.165 e. The summed E-state index contributed by atoms with van der Waals surface area (Å²) in [6.45, 7) is 3.91. The number of halogens is 1. The van der Waals surface area contributed by atoms with Crippen molar-refractivity contribution in [3.63, 3.8) is 0 Å². The van der Waals surface area contributed by atoms with Crippen molar-refractivity contribution < 1.29 is 9.13 Å². The van der Waals surface area contributed by atoms with Crippen LogP contribution >= 0.6 is 0 Å². The third kappa shape index (κ3) is 3.12. The van der Waals surface area contributed by atoms with Gasteiger partial charge in [-0.1, -0.05) is 31.2 Å². The van der Waals surface area contributed by atoms with Crippen molar-refractivity contribution in [1.82, 2.24) is 0 Å². The van der Waals surface area contributed by atoms with Gasteiger partial charge in [0.25, 0.3) is 0 Å². The van der Waals surface area contributed by atoms with Gasteiger partial charge in [0.1, 0.15) is 5.75 Å². The quantitative estimate of drug-likeness (QED) is 0.886. The Balaban J connectivity index is 2.35. The lowest BCUT2D eigenvalue weighted by atomic mass is 10.0. The zero-order chi connectivity index (χ0) is 13.8. The van der Waals surface area contributed by atoms with Crippen molar-refractivity contribution in [3.05, 3.63) is 59.4 Å². The first-order valence-corrected chi connectivity index (χ1v) is 6.40. The molecule has 0 aliphatic heterocycles. The van der Waals surface area contributed by atoms with E-state index < -0.39 is 0 Å². The highest BCUT2D eigenvalue weighted by atomic mass is 19.1. The zero-order valence-corrected chi connectivity index (χ0v) is 11.2. The lowest BCUT2D eigenvalue weighted by Gasteiger charge is -2.16. The molecule has 0 saturated heterocycles. The van der Waals surface area contributed by atoms with E-state index in [1.54, 1.807) is 12.1 Å². The first kappa shape index (κ1) is 13.6. The summed E-state index contributed by atoms with van der Waals surface area (Å²) >= 11 is 0. The molecule has 3 heteroatoms. The molecule has 0 saturated carbocycles. The zero-order valence-electron chi connectivity index (χ0n) is 11.2. The number of benzene rings is 2. The highest BCUT2D eigenvalue weighted by molar-refractivity contribution is 5.40. The Morgan fingerprint density at radius 2 is 1.89 bits per heavy atom. The van der Waals surface area contributed by atoms with Gasteiger partial charge in [0.05, 0.1) is 0 Å². The van der Waals surface area contributed by atoms with Crippen LogP contribution in [-0.4, -0.2) is 0 Å². The first-order chi connectivity index (χ1) is 9.11. The summed E-state index contributed by atoms with van der Waals surface area (Å²) in [5, 5.41) is 0. The van der Waals surface area contributed by atoms with E-state index in [0.717, 1.165) is 17.5 Å². The van der Waals surface area contributed by atoms with Crippen LogP contribution in [0.1, 0.15) is 30.5 Å². The van der Waals surface area contributed by atoms with E-state index >= 15 is 0 Å². The standard InChI is InChI=1S/C16H18FNO/c1-3-14(18)12-6-4-5-7-15(12)19-16-10-11(2)8-9-13(16)17/h4-10,14H,3,18H2,1-2H3/t14-/m1/s1. The highest BCUT2D eigenvalue weighted by Crippen LogP contribution is 2.31. The second-order valence-electron chi connectivity index (χ2n) is 4.59. The number of rotatable bonds is 4. The van der Waals surface area contributed by atoms with Crippen LogP contribution in [0.25, 0.3) is 0 Å². The molecule has 2 aromatic rings. The number of aryl methyl sites for hydroxylation is 1. The number of hydrogen-bond donors (Lipinski definition) is 1.